The molecule has 0 aliphatic rings. The topological polar surface area (TPSA) is 26.3 Å². The van der Waals surface area contributed by atoms with Gasteiger partial charge in [0.1, 0.15) is 17.3 Å². The molecular formula is C14H10BrFO2. The molecular weight excluding hydrogens is 299 g/mol. The normalized spacial score (nSPS) is 10.2. The molecule has 2 nitrogen and oxygen atoms in total. The summed E-state index contributed by atoms with van der Waals surface area (Å²) >= 11 is 3.28. The molecule has 92 valence electrons. The molecule has 0 saturated carbocycles. The maximum atomic E-state index is 13.0. The second-order valence-electron chi connectivity index (χ2n) is 3.81. The minimum Gasteiger partial charge on any atom is -0.456 e. The van der Waals surface area contributed by atoms with Crippen LogP contribution in [0.25, 0.3) is 0 Å². The maximum absolute atomic E-state index is 13.0. The second kappa shape index (κ2) is 5.31. The molecule has 0 radical (unpaired) electrons. The van der Waals surface area contributed by atoms with Crippen molar-refractivity contribution in [2.24, 2.45) is 0 Å². The molecule has 0 atom stereocenters. The highest BCUT2D eigenvalue weighted by atomic mass is 79.9. The summed E-state index contributed by atoms with van der Waals surface area (Å²) < 4.78 is 19.4. The highest BCUT2D eigenvalue weighted by Crippen LogP contribution is 2.29. The van der Waals surface area contributed by atoms with Crippen LogP contribution in [0.3, 0.4) is 0 Å². The van der Waals surface area contributed by atoms with E-state index >= 15 is 0 Å². The molecule has 2 rings (SSSR count). The van der Waals surface area contributed by atoms with Gasteiger partial charge in [-0.2, -0.15) is 0 Å². The monoisotopic (exact) mass is 308 g/mol. The zero-order chi connectivity index (χ0) is 13.1. The number of benzene rings is 2. The van der Waals surface area contributed by atoms with E-state index in [1.165, 1.54) is 12.1 Å². The Labute approximate surface area is 113 Å². The second-order valence-corrected chi connectivity index (χ2v) is 4.73. The van der Waals surface area contributed by atoms with Crippen LogP contribution in [0.5, 0.6) is 11.5 Å². The van der Waals surface area contributed by atoms with Gasteiger partial charge in [-0.1, -0.05) is 15.9 Å². The lowest BCUT2D eigenvalue weighted by Crippen LogP contribution is -1.93. The van der Waals surface area contributed by atoms with Crippen molar-refractivity contribution >= 4 is 22.2 Å². The van der Waals surface area contributed by atoms with Crippen molar-refractivity contribution in [2.45, 2.75) is 6.92 Å². The first kappa shape index (κ1) is 12.8. The van der Waals surface area contributed by atoms with Crippen LogP contribution >= 0.6 is 15.9 Å². The number of carbonyl (C=O) groups excluding carboxylic acids is 1. The third kappa shape index (κ3) is 2.76. The Morgan fingerprint density at radius 1 is 1.17 bits per heavy atom. The summed E-state index contributed by atoms with van der Waals surface area (Å²) in [5.41, 5.74) is 1.11. The van der Waals surface area contributed by atoms with Gasteiger partial charge in [-0.3, -0.25) is 4.79 Å². The van der Waals surface area contributed by atoms with Crippen LogP contribution < -0.4 is 4.74 Å². The van der Waals surface area contributed by atoms with E-state index in [0.717, 1.165) is 10.8 Å². The van der Waals surface area contributed by atoms with Crippen molar-refractivity contribution < 1.29 is 13.9 Å². The molecule has 2 aromatic carbocycles. The van der Waals surface area contributed by atoms with Crippen LogP contribution in [0.1, 0.15) is 15.9 Å². The number of aryl methyl sites for hydroxylation is 1. The third-order valence-electron chi connectivity index (χ3n) is 2.46. The van der Waals surface area contributed by atoms with Crippen LogP contribution in [-0.2, 0) is 0 Å². The number of hydrogen-bond acceptors (Lipinski definition) is 2. The van der Waals surface area contributed by atoms with E-state index in [-0.39, 0.29) is 5.82 Å². The number of rotatable bonds is 3. The first-order valence-electron chi connectivity index (χ1n) is 5.29. The summed E-state index contributed by atoms with van der Waals surface area (Å²) in [6.07, 6.45) is 0.721. The van der Waals surface area contributed by atoms with E-state index in [4.69, 9.17) is 4.74 Å². The predicted octanol–water partition coefficient (Wildman–Crippen LogP) is 4.50. The average molecular weight is 309 g/mol. The molecule has 0 N–H and O–H groups in total. The maximum Gasteiger partial charge on any atom is 0.153 e. The summed E-state index contributed by atoms with van der Waals surface area (Å²) in [4.78, 5) is 10.9. The highest BCUT2D eigenvalue weighted by Gasteiger charge is 2.07. The number of carbonyl (C=O) groups is 1. The summed E-state index contributed by atoms with van der Waals surface area (Å²) in [6.45, 7) is 1.75. The molecule has 0 bridgehead atoms. The summed E-state index contributed by atoms with van der Waals surface area (Å²) in [6, 6.07) is 9.39. The Hall–Kier alpha value is -1.68. The third-order valence-corrected chi connectivity index (χ3v) is 2.95. The summed E-state index contributed by atoms with van der Waals surface area (Å²) in [7, 11) is 0. The largest absolute Gasteiger partial charge is 0.456 e. The standard InChI is InChI=1S/C14H10BrFO2/c1-9-6-12(16)3-5-13(9)18-14-4-2-11(15)7-10(14)8-17/h2-8H,1H3. The molecule has 0 fully saturated rings. The number of hydrogen-bond donors (Lipinski definition) is 0. The minimum atomic E-state index is -0.314. The minimum absolute atomic E-state index is 0.314. The van der Waals surface area contributed by atoms with E-state index in [1.54, 1.807) is 31.2 Å². The first-order chi connectivity index (χ1) is 8.60. The van der Waals surface area contributed by atoms with Crippen molar-refractivity contribution in [1.29, 1.82) is 0 Å². The average Bonchev–Trinajstić information content (AvgIpc) is 2.34. The zero-order valence-corrected chi connectivity index (χ0v) is 11.2. The number of ether oxygens (including phenoxy) is 1. The van der Waals surface area contributed by atoms with Gasteiger partial charge in [0.05, 0.1) is 5.56 Å². The zero-order valence-electron chi connectivity index (χ0n) is 9.61. The lowest BCUT2D eigenvalue weighted by Gasteiger charge is -2.10. The SMILES string of the molecule is Cc1cc(F)ccc1Oc1ccc(Br)cc1C=O. The highest BCUT2D eigenvalue weighted by molar-refractivity contribution is 9.10. The molecule has 0 aliphatic carbocycles. The van der Waals surface area contributed by atoms with Gasteiger partial charge in [-0.15, -0.1) is 0 Å². The van der Waals surface area contributed by atoms with Crippen LogP contribution in [-0.4, -0.2) is 6.29 Å². The molecule has 0 spiro atoms. The van der Waals surface area contributed by atoms with Crippen LogP contribution in [0.15, 0.2) is 40.9 Å². The Kier molecular flexibility index (Phi) is 3.77. The fourth-order valence-electron chi connectivity index (χ4n) is 1.55. The van der Waals surface area contributed by atoms with Gasteiger partial charge in [-0.05, 0) is 48.9 Å². The molecule has 0 heterocycles. The Balaban J connectivity index is 2.36. The molecule has 2 aromatic rings. The fraction of sp³-hybridized carbons (Fsp3) is 0.0714. The predicted molar refractivity (Wildman–Crippen MR) is 70.7 cm³/mol. The lowest BCUT2D eigenvalue weighted by molar-refractivity contribution is 0.112. The van der Waals surface area contributed by atoms with Crippen molar-refractivity contribution in [2.75, 3.05) is 0 Å². The quantitative estimate of drug-likeness (QED) is 0.780. The molecule has 18 heavy (non-hydrogen) atoms. The fourth-order valence-corrected chi connectivity index (χ4v) is 1.93. The molecule has 0 aromatic heterocycles. The molecule has 0 unspecified atom stereocenters. The van der Waals surface area contributed by atoms with Crippen molar-refractivity contribution in [3.05, 3.63) is 57.8 Å². The summed E-state index contributed by atoms with van der Waals surface area (Å²) in [5.74, 6) is 0.663. The van der Waals surface area contributed by atoms with Crippen LogP contribution in [0, 0.1) is 12.7 Å². The van der Waals surface area contributed by atoms with Crippen molar-refractivity contribution in [3.63, 3.8) is 0 Å². The smallest absolute Gasteiger partial charge is 0.153 e. The van der Waals surface area contributed by atoms with Gasteiger partial charge in [0.15, 0.2) is 6.29 Å². The summed E-state index contributed by atoms with van der Waals surface area (Å²) in [5, 5.41) is 0. The van der Waals surface area contributed by atoms with Crippen LogP contribution in [0.2, 0.25) is 0 Å². The van der Waals surface area contributed by atoms with Gasteiger partial charge < -0.3 is 4.74 Å². The van der Waals surface area contributed by atoms with Crippen molar-refractivity contribution in [3.8, 4) is 11.5 Å². The van der Waals surface area contributed by atoms with Gasteiger partial charge in [0.25, 0.3) is 0 Å². The van der Waals surface area contributed by atoms with E-state index < -0.39 is 0 Å². The van der Waals surface area contributed by atoms with E-state index in [1.807, 2.05) is 0 Å². The Morgan fingerprint density at radius 3 is 2.56 bits per heavy atom. The van der Waals surface area contributed by atoms with Gasteiger partial charge in [0.2, 0.25) is 0 Å². The molecule has 4 heteroatoms. The van der Waals surface area contributed by atoms with Gasteiger partial charge in [-0.25, -0.2) is 4.39 Å². The molecule has 0 amide bonds. The molecule has 0 aliphatic heterocycles. The lowest BCUT2D eigenvalue weighted by atomic mass is 10.2. The van der Waals surface area contributed by atoms with Gasteiger partial charge >= 0.3 is 0 Å². The van der Waals surface area contributed by atoms with E-state index in [2.05, 4.69) is 15.9 Å². The van der Waals surface area contributed by atoms with Crippen molar-refractivity contribution in [1.82, 2.24) is 0 Å². The van der Waals surface area contributed by atoms with Crippen LogP contribution in [0.4, 0.5) is 4.39 Å². The van der Waals surface area contributed by atoms with E-state index in [0.29, 0.717) is 22.6 Å². The molecule has 0 saturated heterocycles. The van der Waals surface area contributed by atoms with Gasteiger partial charge in [0, 0.05) is 4.47 Å². The number of aldehydes is 1. The Morgan fingerprint density at radius 2 is 1.89 bits per heavy atom. The first-order valence-corrected chi connectivity index (χ1v) is 6.08. The Bertz CT molecular complexity index is 596. The van der Waals surface area contributed by atoms with E-state index in [9.17, 15) is 9.18 Å². The number of halogens is 2.